The molecular weight excluding hydrogens is 256 g/mol. The average Bonchev–Trinajstić information content (AvgIpc) is 2.58. The summed E-state index contributed by atoms with van der Waals surface area (Å²) in [6.07, 6.45) is 12.8. The van der Waals surface area contributed by atoms with Crippen LogP contribution in [0.2, 0.25) is 0 Å². The summed E-state index contributed by atoms with van der Waals surface area (Å²) in [5.41, 5.74) is 1.70. The Morgan fingerprint density at radius 3 is 2.57 bits per heavy atom. The van der Waals surface area contributed by atoms with E-state index >= 15 is 0 Å². The highest BCUT2D eigenvalue weighted by molar-refractivity contribution is 5.27. The van der Waals surface area contributed by atoms with E-state index in [0.29, 0.717) is 28.6 Å². The molecule has 118 valence electrons. The molecule has 1 nitrogen and oxygen atoms in total. The lowest BCUT2D eigenvalue weighted by molar-refractivity contribution is -0.0645. The number of allylic oxidation sites excluding steroid dienone is 4. The van der Waals surface area contributed by atoms with Gasteiger partial charge in [0.25, 0.3) is 0 Å². The van der Waals surface area contributed by atoms with Crippen molar-refractivity contribution in [3.8, 4) is 0 Å². The van der Waals surface area contributed by atoms with Gasteiger partial charge in [-0.05, 0) is 67.6 Å². The van der Waals surface area contributed by atoms with Gasteiger partial charge in [-0.25, -0.2) is 0 Å². The summed E-state index contributed by atoms with van der Waals surface area (Å²) < 4.78 is 0. The van der Waals surface area contributed by atoms with Crippen LogP contribution in [0.3, 0.4) is 0 Å². The van der Waals surface area contributed by atoms with Gasteiger partial charge in [-0.1, -0.05) is 51.5 Å². The van der Waals surface area contributed by atoms with Crippen LogP contribution in [0.1, 0.15) is 66.7 Å². The molecule has 0 amide bonds. The first-order valence-corrected chi connectivity index (χ1v) is 8.80. The number of fused-ring (bicyclic) bond motifs is 2. The topological polar surface area (TPSA) is 20.2 Å². The van der Waals surface area contributed by atoms with Crippen molar-refractivity contribution in [2.24, 2.45) is 28.6 Å². The Kier molecular flexibility index (Phi) is 3.44. The zero-order valence-corrected chi connectivity index (χ0v) is 14.4. The van der Waals surface area contributed by atoms with Crippen LogP contribution in [0.25, 0.3) is 0 Å². The van der Waals surface area contributed by atoms with Crippen LogP contribution < -0.4 is 0 Å². The van der Waals surface area contributed by atoms with Gasteiger partial charge in [0, 0.05) is 0 Å². The summed E-state index contributed by atoms with van der Waals surface area (Å²) in [6, 6.07) is 0. The van der Waals surface area contributed by atoms with Crippen LogP contribution in [-0.2, 0) is 0 Å². The van der Waals surface area contributed by atoms with Crippen molar-refractivity contribution < 1.29 is 5.11 Å². The molecule has 5 atom stereocenters. The third-order valence-electron chi connectivity index (χ3n) is 7.36. The smallest absolute Gasteiger partial charge is 0.0703 e. The van der Waals surface area contributed by atoms with Gasteiger partial charge in [-0.3, -0.25) is 0 Å². The van der Waals surface area contributed by atoms with Crippen molar-refractivity contribution in [2.45, 2.75) is 72.3 Å². The van der Waals surface area contributed by atoms with E-state index in [1.165, 1.54) is 25.7 Å². The van der Waals surface area contributed by atoms with Crippen LogP contribution in [0.15, 0.2) is 23.8 Å². The summed E-state index contributed by atoms with van der Waals surface area (Å²) in [7, 11) is 0. The van der Waals surface area contributed by atoms with Gasteiger partial charge in [-0.2, -0.15) is 0 Å². The molecule has 3 aliphatic carbocycles. The summed E-state index contributed by atoms with van der Waals surface area (Å²) in [6.45, 7) is 11.6. The lowest BCUT2D eigenvalue weighted by Gasteiger charge is -2.41. The maximum Gasteiger partial charge on any atom is 0.0703 e. The number of hydrogen-bond acceptors (Lipinski definition) is 1. The SMILES string of the molecule is CC1=CC=C[C@]2(C)CC[C@H]3[C@@](C)(CC[C@]3(O)C(C)C)C[C@@H]12. The Labute approximate surface area is 130 Å². The molecular formula is C20H32O. The second-order valence-electron chi connectivity index (χ2n) is 8.92. The van der Waals surface area contributed by atoms with E-state index in [4.69, 9.17) is 0 Å². The quantitative estimate of drug-likeness (QED) is 0.710. The molecule has 2 fully saturated rings. The monoisotopic (exact) mass is 288 g/mol. The molecule has 1 N–H and O–H groups in total. The first-order valence-electron chi connectivity index (χ1n) is 8.80. The fourth-order valence-electron chi connectivity index (χ4n) is 5.72. The van der Waals surface area contributed by atoms with Crippen molar-refractivity contribution >= 4 is 0 Å². The van der Waals surface area contributed by atoms with E-state index in [1.54, 1.807) is 5.57 Å². The third kappa shape index (κ3) is 2.15. The Bertz CT molecular complexity index is 488. The van der Waals surface area contributed by atoms with E-state index in [0.717, 1.165) is 6.42 Å². The Hall–Kier alpha value is -0.560. The maximum atomic E-state index is 11.3. The number of hydrogen-bond donors (Lipinski definition) is 1. The zero-order valence-electron chi connectivity index (χ0n) is 14.4. The maximum absolute atomic E-state index is 11.3. The lowest BCUT2D eigenvalue weighted by Crippen LogP contribution is -2.43. The molecule has 3 rings (SSSR count). The Morgan fingerprint density at radius 1 is 1.19 bits per heavy atom. The van der Waals surface area contributed by atoms with Gasteiger partial charge < -0.3 is 5.11 Å². The standard InChI is InChI=1S/C20H32O/c1-14(2)20(21)12-11-19(5)13-16-15(3)7-6-9-18(16,4)10-8-17(19)20/h6-7,9,14,16-17,21H,8,10-13H2,1-5H3/t16-,17-,18+,19-,20-/m0/s1. The largest absolute Gasteiger partial charge is 0.389 e. The van der Waals surface area contributed by atoms with Crippen LogP contribution in [0.5, 0.6) is 0 Å². The van der Waals surface area contributed by atoms with Crippen molar-refractivity contribution in [3.05, 3.63) is 23.8 Å². The van der Waals surface area contributed by atoms with Crippen LogP contribution in [-0.4, -0.2) is 10.7 Å². The van der Waals surface area contributed by atoms with Crippen molar-refractivity contribution in [1.82, 2.24) is 0 Å². The molecule has 0 spiro atoms. The number of rotatable bonds is 1. The molecule has 0 aliphatic heterocycles. The van der Waals surface area contributed by atoms with Gasteiger partial charge >= 0.3 is 0 Å². The highest BCUT2D eigenvalue weighted by atomic mass is 16.3. The fraction of sp³-hybridized carbons (Fsp3) is 0.800. The van der Waals surface area contributed by atoms with E-state index in [1.807, 2.05) is 0 Å². The van der Waals surface area contributed by atoms with Gasteiger partial charge in [0.1, 0.15) is 0 Å². The predicted octanol–water partition coefficient (Wildman–Crippen LogP) is 5.11. The highest BCUT2D eigenvalue weighted by Gasteiger charge is 2.58. The average molecular weight is 288 g/mol. The minimum atomic E-state index is -0.445. The fourth-order valence-corrected chi connectivity index (χ4v) is 5.72. The van der Waals surface area contributed by atoms with E-state index in [9.17, 15) is 5.11 Å². The van der Waals surface area contributed by atoms with Crippen molar-refractivity contribution in [1.29, 1.82) is 0 Å². The van der Waals surface area contributed by atoms with E-state index in [2.05, 4.69) is 52.8 Å². The van der Waals surface area contributed by atoms with Crippen molar-refractivity contribution in [3.63, 3.8) is 0 Å². The highest BCUT2D eigenvalue weighted by Crippen LogP contribution is 2.62. The molecule has 21 heavy (non-hydrogen) atoms. The zero-order chi connectivity index (χ0) is 15.5. The molecule has 0 unspecified atom stereocenters. The minimum absolute atomic E-state index is 0.296. The predicted molar refractivity (Wildman–Crippen MR) is 89.0 cm³/mol. The molecule has 0 aromatic heterocycles. The first-order chi connectivity index (χ1) is 9.71. The van der Waals surface area contributed by atoms with Crippen molar-refractivity contribution in [2.75, 3.05) is 0 Å². The molecule has 1 heteroatoms. The molecule has 0 heterocycles. The summed E-state index contributed by atoms with van der Waals surface area (Å²) in [4.78, 5) is 0. The summed E-state index contributed by atoms with van der Waals surface area (Å²) >= 11 is 0. The molecule has 0 radical (unpaired) electrons. The van der Waals surface area contributed by atoms with E-state index < -0.39 is 5.60 Å². The van der Waals surface area contributed by atoms with Crippen LogP contribution >= 0.6 is 0 Å². The van der Waals surface area contributed by atoms with Gasteiger partial charge in [0.2, 0.25) is 0 Å². The first kappa shape index (κ1) is 15.3. The number of aliphatic hydroxyl groups is 1. The third-order valence-corrected chi connectivity index (χ3v) is 7.36. The van der Waals surface area contributed by atoms with Crippen LogP contribution in [0, 0.1) is 28.6 Å². The molecule has 0 aromatic carbocycles. The second kappa shape index (κ2) is 4.72. The molecule has 2 saturated carbocycles. The Morgan fingerprint density at radius 2 is 1.90 bits per heavy atom. The summed E-state index contributed by atoms with van der Waals surface area (Å²) in [5.74, 6) is 1.49. The summed E-state index contributed by atoms with van der Waals surface area (Å²) in [5, 5.41) is 11.3. The van der Waals surface area contributed by atoms with Gasteiger partial charge in [-0.15, -0.1) is 0 Å². The Balaban J connectivity index is 1.98. The lowest BCUT2D eigenvalue weighted by atomic mass is 9.64. The molecule has 0 aromatic rings. The van der Waals surface area contributed by atoms with E-state index in [-0.39, 0.29) is 0 Å². The second-order valence-corrected chi connectivity index (χ2v) is 8.92. The minimum Gasteiger partial charge on any atom is -0.389 e. The molecule has 0 saturated heterocycles. The molecule has 0 bridgehead atoms. The van der Waals surface area contributed by atoms with Gasteiger partial charge in [0.15, 0.2) is 0 Å². The van der Waals surface area contributed by atoms with Crippen LogP contribution in [0.4, 0.5) is 0 Å². The molecule has 3 aliphatic rings. The van der Waals surface area contributed by atoms with Gasteiger partial charge in [0.05, 0.1) is 5.60 Å². The normalized spacial score (nSPS) is 49.6.